The average molecular weight is 334 g/mol. The Morgan fingerprint density at radius 1 is 1.00 bits per heavy atom. The number of hydrogen-bond acceptors (Lipinski definition) is 3. The number of pyridine rings is 1. The summed E-state index contributed by atoms with van der Waals surface area (Å²) in [6.07, 6.45) is -0.324. The van der Waals surface area contributed by atoms with Crippen LogP contribution < -0.4 is 9.64 Å². The molecule has 1 aromatic heterocycles. The topological polar surface area (TPSA) is 42.4 Å². The maximum absolute atomic E-state index is 12.4. The minimum Gasteiger partial charge on any atom is -0.404 e. The summed E-state index contributed by atoms with van der Waals surface area (Å²) in [5.41, 5.74) is 4.44. The van der Waals surface area contributed by atoms with E-state index in [9.17, 15) is 18.0 Å². The molecule has 1 amide bonds. The summed E-state index contributed by atoms with van der Waals surface area (Å²) < 4.78 is 41.1. The molecule has 2 aliphatic heterocycles. The van der Waals surface area contributed by atoms with Crippen molar-refractivity contribution < 1.29 is 22.7 Å². The van der Waals surface area contributed by atoms with E-state index in [0.717, 1.165) is 35.0 Å². The number of aromatic nitrogens is 1. The zero-order valence-corrected chi connectivity index (χ0v) is 12.6. The molecule has 0 fully saturated rings. The molecule has 0 saturated heterocycles. The maximum atomic E-state index is 12.4. The van der Waals surface area contributed by atoms with Gasteiger partial charge in [-0.25, -0.2) is 0 Å². The molecule has 124 valence electrons. The number of amides is 1. The number of aryl methyl sites for hydroxylation is 1. The van der Waals surface area contributed by atoms with Crippen LogP contribution in [-0.2, 0) is 17.6 Å². The fraction of sp³-hybridized carbons (Fsp3) is 0.294. The predicted octanol–water partition coefficient (Wildman–Crippen LogP) is 3.48. The Labute approximate surface area is 135 Å². The molecule has 3 heterocycles. The van der Waals surface area contributed by atoms with Crippen LogP contribution in [0.5, 0.6) is 5.75 Å². The minimum atomic E-state index is -4.74. The van der Waals surface area contributed by atoms with E-state index in [4.69, 9.17) is 0 Å². The number of halogens is 3. The molecular weight excluding hydrogens is 321 g/mol. The Hall–Kier alpha value is -2.57. The van der Waals surface area contributed by atoms with E-state index in [1.807, 2.05) is 12.1 Å². The van der Waals surface area contributed by atoms with E-state index in [-0.39, 0.29) is 11.7 Å². The molecule has 24 heavy (non-hydrogen) atoms. The van der Waals surface area contributed by atoms with Gasteiger partial charge in [0.05, 0.1) is 11.9 Å². The number of ether oxygens (including phenoxy) is 1. The Morgan fingerprint density at radius 2 is 1.75 bits per heavy atom. The molecule has 0 bridgehead atoms. The number of hydrogen-bond donors (Lipinski definition) is 0. The molecule has 0 N–H and O–H groups in total. The molecule has 0 saturated carbocycles. The van der Waals surface area contributed by atoms with Crippen molar-refractivity contribution >= 4 is 11.6 Å². The van der Waals surface area contributed by atoms with E-state index in [0.29, 0.717) is 24.9 Å². The van der Waals surface area contributed by atoms with Gasteiger partial charge >= 0.3 is 6.36 Å². The lowest BCUT2D eigenvalue weighted by Crippen LogP contribution is -2.32. The molecule has 2 aromatic rings. The summed E-state index contributed by atoms with van der Waals surface area (Å²) in [5, 5.41) is 0. The standard InChI is InChI=1S/C17H13F3N2O2/c18-17(19,20)24-14-7-13(8-21-9-14)12-5-10-1-2-15(23)22-4-3-11(6-12)16(10)22/h5-9H,1-4H2. The van der Waals surface area contributed by atoms with Gasteiger partial charge < -0.3 is 9.64 Å². The van der Waals surface area contributed by atoms with Gasteiger partial charge in [-0.3, -0.25) is 9.78 Å². The zero-order chi connectivity index (χ0) is 16.9. The van der Waals surface area contributed by atoms with Gasteiger partial charge in [-0.15, -0.1) is 13.2 Å². The normalized spacial score (nSPS) is 16.3. The number of anilines is 1. The van der Waals surface area contributed by atoms with Crippen LogP contribution >= 0.6 is 0 Å². The van der Waals surface area contributed by atoms with Gasteiger partial charge in [-0.1, -0.05) is 0 Å². The first kappa shape index (κ1) is 15.0. The van der Waals surface area contributed by atoms with Crippen LogP contribution in [0, 0.1) is 0 Å². The molecule has 0 radical (unpaired) electrons. The third-order valence-corrected chi connectivity index (χ3v) is 4.33. The number of alkyl halides is 3. The third kappa shape index (κ3) is 2.60. The van der Waals surface area contributed by atoms with Crippen LogP contribution in [0.3, 0.4) is 0 Å². The highest BCUT2D eigenvalue weighted by molar-refractivity contribution is 5.99. The first-order valence-corrected chi connectivity index (χ1v) is 7.58. The van der Waals surface area contributed by atoms with E-state index in [2.05, 4.69) is 9.72 Å². The summed E-state index contributed by atoms with van der Waals surface area (Å²) >= 11 is 0. The smallest absolute Gasteiger partial charge is 0.404 e. The van der Waals surface area contributed by atoms with Crippen molar-refractivity contribution in [3.05, 3.63) is 41.7 Å². The second-order valence-corrected chi connectivity index (χ2v) is 5.90. The van der Waals surface area contributed by atoms with Gasteiger partial charge in [-0.2, -0.15) is 0 Å². The van der Waals surface area contributed by atoms with Crippen LogP contribution in [0.1, 0.15) is 17.5 Å². The van der Waals surface area contributed by atoms with Crippen molar-refractivity contribution in [3.8, 4) is 16.9 Å². The third-order valence-electron chi connectivity index (χ3n) is 4.33. The quantitative estimate of drug-likeness (QED) is 0.844. The van der Waals surface area contributed by atoms with Crippen molar-refractivity contribution in [3.63, 3.8) is 0 Å². The highest BCUT2D eigenvalue weighted by Crippen LogP contribution is 2.40. The lowest BCUT2D eigenvalue weighted by atomic mass is 9.94. The van der Waals surface area contributed by atoms with E-state index >= 15 is 0 Å². The highest BCUT2D eigenvalue weighted by atomic mass is 19.4. The molecule has 2 aliphatic rings. The summed E-state index contributed by atoms with van der Waals surface area (Å²) in [6, 6.07) is 5.18. The minimum absolute atomic E-state index is 0.135. The molecule has 4 nitrogen and oxygen atoms in total. The monoisotopic (exact) mass is 334 g/mol. The van der Waals surface area contributed by atoms with Crippen molar-refractivity contribution in [1.29, 1.82) is 0 Å². The maximum Gasteiger partial charge on any atom is 0.573 e. The van der Waals surface area contributed by atoms with Gasteiger partial charge in [-0.05, 0) is 47.7 Å². The predicted molar refractivity (Wildman–Crippen MR) is 80.7 cm³/mol. The van der Waals surface area contributed by atoms with Crippen LogP contribution in [0.4, 0.5) is 18.9 Å². The fourth-order valence-electron chi connectivity index (χ4n) is 3.39. The summed E-state index contributed by atoms with van der Waals surface area (Å²) in [4.78, 5) is 17.6. The van der Waals surface area contributed by atoms with Crippen molar-refractivity contribution in [1.82, 2.24) is 4.98 Å². The summed E-state index contributed by atoms with van der Waals surface area (Å²) in [7, 11) is 0. The lowest BCUT2D eigenvalue weighted by molar-refractivity contribution is -0.274. The molecule has 4 rings (SSSR count). The van der Waals surface area contributed by atoms with E-state index in [1.54, 1.807) is 4.90 Å². The second kappa shape index (κ2) is 5.22. The number of nitrogens with zero attached hydrogens (tertiary/aromatic N) is 2. The van der Waals surface area contributed by atoms with Gasteiger partial charge in [0.2, 0.25) is 5.91 Å². The number of carbonyl (C=O) groups is 1. The largest absolute Gasteiger partial charge is 0.573 e. The van der Waals surface area contributed by atoms with E-state index < -0.39 is 6.36 Å². The van der Waals surface area contributed by atoms with E-state index in [1.165, 1.54) is 12.3 Å². The fourth-order valence-corrected chi connectivity index (χ4v) is 3.39. The van der Waals surface area contributed by atoms with Crippen LogP contribution in [0.15, 0.2) is 30.6 Å². The first-order valence-electron chi connectivity index (χ1n) is 7.58. The Morgan fingerprint density at radius 3 is 2.50 bits per heavy atom. The van der Waals surface area contributed by atoms with Crippen molar-refractivity contribution in [2.45, 2.75) is 25.6 Å². The molecule has 0 unspecified atom stereocenters. The Bertz CT molecular complexity index is 833. The van der Waals surface area contributed by atoms with Gasteiger partial charge in [0.15, 0.2) is 0 Å². The first-order chi connectivity index (χ1) is 11.4. The average Bonchev–Trinajstić information content (AvgIpc) is 2.95. The van der Waals surface area contributed by atoms with Crippen molar-refractivity contribution in [2.24, 2.45) is 0 Å². The van der Waals surface area contributed by atoms with Gasteiger partial charge in [0.1, 0.15) is 5.75 Å². The van der Waals surface area contributed by atoms with Crippen LogP contribution in [0.2, 0.25) is 0 Å². The lowest BCUT2D eigenvalue weighted by Gasteiger charge is -2.25. The number of carbonyl (C=O) groups excluding carboxylic acids is 1. The van der Waals surface area contributed by atoms with Crippen LogP contribution in [0.25, 0.3) is 11.1 Å². The SMILES string of the molecule is O=C1CCc2cc(-c3cncc(OC(F)(F)F)c3)cc3c2N1CC3. The summed E-state index contributed by atoms with van der Waals surface area (Å²) in [5.74, 6) is -0.206. The zero-order valence-electron chi connectivity index (χ0n) is 12.6. The second-order valence-electron chi connectivity index (χ2n) is 5.90. The number of rotatable bonds is 2. The summed E-state index contributed by atoms with van der Waals surface area (Å²) in [6.45, 7) is 0.667. The molecule has 0 spiro atoms. The van der Waals surface area contributed by atoms with Gasteiger partial charge in [0, 0.05) is 24.7 Å². The Balaban J connectivity index is 1.74. The highest BCUT2D eigenvalue weighted by Gasteiger charge is 2.32. The molecule has 1 aromatic carbocycles. The van der Waals surface area contributed by atoms with Crippen molar-refractivity contribution in [2.75, 3.05) is 11.4 Å². The molecule has 0 atom stereocenters. The molecule has 7 heteroatoms. The van der Waals surface area contributed by atoms with Gasteiger partial charge in [0.25, 0.3) is 0 Å². The van der Waals surface area contributed by atoms with Crippen LogP contribution in [-0.4, -0.2) is 23.8 Å². The number of benzene rings is 1. The Kier molecular flexibility index (Phi) is 3.26. The molecule has 0 aliphatic carbocycles. The molecular formula is C17H13F3N2O2.